The molecule has 0 bridgehead atoms. The normalized spacial score (nSPS) is 27.2. The first-order chi connectivity index (χ1) is 3.83. The van der Waals surface area contributed by atoms with E-state index in [9.17, 15) is 0 Å². The van der Waals surface area contributed by atoms with Gasteiger partial charge in [0.2, 0.25) is 0 Å². The highest BCUT2D eigenvalue weighted by Crippen LogP contribution is 2.17. The van der Waals surface area contributed by atoms with Crippen LogP contribution in [-0.4, -0.2) is 30.1 Å². The molecule has 8 heavy (non-hydrogen) atoms. The fraction of sp³-hybridized carbons (Fsp3) is 0.750. The molecule has 0 saturated heterocycles. The molecule has 0 spiro atoms. The minimum absolute atomic E-state index is 0.390. The molecule has 0 aromatic rings. The van der Waals surface area contributed by atoms with Gasteiger partial charge in [-0.15, -0.1) is 0 Å². The highest BCUT2D eigenvalue weighted by Gasteiger charge is 2.12. The van der Waals surface area contributed by atoms with Crippen molar-refractivity contribution in [1.82, 2.24) is 5.01 Å². The number of halogens is 1. The van der Waals surface area contributed by atoms with Crippen LogP contribution in [-0.2, 0) is 0 Å². The van der Waals surface area contributed by atoms with Crippen LogP contribution in [0.2, 0.25) is 0 Å². The molecule has 2 nitrogen and oxygen atoms in total. The summed E-state index contributed by atoms with van der Waals surface area (Å²) >= 11 is 0. The minimum atomic E-state index is 0.390. The standard InChI is InChI=1S/C4H7ClN2S/c1-7-3-4(8-5)2-6-7/h2,4H,3H2,1H3. The number of hydrazone groups is 1. The monoisotopic (exact) mass is 150 g/mol. The maximum Gasteiger partial charge on any atom is 0.0761 e. The van der Waals surface area contributed by atoms with Gasteiger partial charge in [-0.1, -0.05) is 0 Å². The van der Waals surface area contributed by atoms with Gasteiger partial charge in [0.15, 0.2) is 0 Å². The highest BCUT2D eigenvalue weighted by atomic mass is 35.7. The molecule has 0 aromatic carbocycles. The van der Waals surface area contributed by atoms with Crippen LogP contribution in [0.15, 0.2) is 5.10 Å². The van der Waals surface area contributed by atoms with Crippen LogP contribution in [0.3, 0.4) is 0 Å². The molecule has 1 atom stereocenters. The van der Waals surface area contributed by atoms with Crippen molar-refractivity contribution >= 4 is 27.9 Å². The number of rotatable bonds is 1. The van der Waals surface area contributed by atoms with Crippen LogP contribution >= 0.6 is 21.7 Å². The molecule has 1 heterocycles. The summed E-state index contributed by atoms with van der Waals surface area (Å²) in [4.78, 5) is 0. The molecule has 1 aliphatic rings. The van der Waals surface area contributed by atoms with Gasteiger partial charge in [-0.2, -0.15) is 5.10 Å². The van der Waals surface area contributed by atoms with Crippen LogP contribution in [0.25, 0.3) is 0 Å². The van der Waals surface area contributed by atoms with Gasteiger partial charge in [-0.3, -0.25) is 5.01 Å². The molecule has 0 aromatic heterocycles. The first kappa shape index (κ1) is 6.23. The Morgan fingerprint density at radius 2 is 2.75 bits per heavy atom. The Morgan fingerprint density at radius 1 is 2.00 bits per heavy atom. The third kappa shape index (κ3) is 1.29. The van der Waals surface area contributed by atoms with E-state index in [2.05, 4.69) is 5.10 Å². The zero-order chi connectivity index (χ0) is 5.98. The van der Waals surface area contributed by atoms with Crippen molar-refractivity contribution in [2.45, 2.75) is 5.25 Å². The predicted molar refractivity (Wildman–Crippen MR) is 38.4 cm³/mol. The summed E-state index contributed by atoms with van der Waals surface area (Å²) in [5.74, 6) is 0. The van der Waals surface area contributed by atoms with E-state index >= 15 is 0 Å². The van der Waals surface area contributed by atoms with Gasteiger partial charge in [-0.25, -0.2) is 0 Å². The molecular formula is C4H7ClN2S. The lowest BCUT2D eigenvalue weighted by molar-refractivity contribution is 0.395. The van der Waals surface area contributed by atoms with Crippen molar-refractivity contribution in [3.8, 4) is 0 Å². The van der Waals surface area contributed by atoms with Gasteiger partial charge in [-0.05, 0) is 21.7 Å². The van der Waals surface area contributed by atoms with E-state index in [4.69, 9.17) is 10.7 Å². The second kappa shape index (κ2) is 2.60. The summed E-state index contributed by atoms with van der Waals surface area (Å²) in [6.45, 7) is 0.939. The Morgan fingerprint density at radius 3 is 3.00 bits per heavy atom. The van der Waals surface area contributed by atoms with Gasteiger partial charge in [0.25, 0.3) is 0 Å². The largest absolute Gasteiger partial charge is 0.299 e. The van der Waals surface area contributed by atoms with Crippen molar-refractivity contribution in [3.05, 3.63) is 0 Å². The van der Waals surface area contributed by atoms with Crippen molar-refractivity contribution < 1.29 is 0 Å². The topological polar surface area (TPSA) is 15.6 Å². The Kier molecular flexibility index (Phi) is 2.02. The molecule has 1 unspecified atom stereocenters. The average molecular weight is 151 g/mol. The molecule has 1 rings (SSSR count). The Labute approximate surface area is 57.4 Å². The van der Waals surface area contributed by atoms with Crippen molar-refractivity contribution in [2.24, 2.45) is 5.10 Å². The van der Waals surface area contributed by atoms with E-state index in [1.807, 2.05) is 18.3 Å². The quantitative estimate of drug-likeness (QED) is 0.558. The molecule has 0 aliphatic carbocycles. The van der Waals surface area contributed by atoms with Crippen LogP contribution in [0.1, 0.15) is 0 Å². The van der Waals surface area contributed by atoms with Gasteiger partial charge in [0, 0.05) is 13.3 Å². The maximum absolute atomic E-state index is 5.47. The molecular weight excluding hydrogens is 144 g/mol. The molecule has 0 amide bonds. The first-order valence-corrected chi connectivity index (χ1v) is 4.06. The molecule has 46 valence electrons. The molecule has 4 heteroatoms. The smallest absolute Gasteiger partial charge is 0.0761 e. The Balaban J connectivity index is 2.34. The second-order valence-corrected chi connectivity index (χ2v) is 3.05. The van der Waals surface area contributed by atoms with E-state index in [0.717, 1.165) is 6.54 Å². The lowest BCUT2D eigenvalue weighted by Crippen LogP contribution is -2.13. The van der Waals surface area contributed by atoms with Gasteiger partial charge < -0.3 is 0 Å². The minimum Gasteiger partial charge on any atom is -0.299 e. The average Bonchev–Trinajstić information content (AvgIpc) is 2.14. The van der Waals surface area contributed by atoms with Crippen molar-refractivity contribution in [1.29, 1.82) is 0 Å². The Bertz CT molecular complexity index is 106. The van der Waals surface area contributed by atoms with Crippen LogP contribution < -0.4 is 0 Å². The summed E-state index contributed by atoms with van der Waals surface area (Å²) < 4.78 is 0. The fourth-order valence-electron chi connectivity index (χ4n) is 0.594. The van der Waals surface area contributed by atoms with Crippen molar-refractivity contribution in [2.75, 3.05) is 13.6 Å². The highest BCUT2D eigenvalue weighted by molar-refractivity contribution is 8.22. The molecule has 0 saturated carbocycles. The lowest BCUT2D eigenvalue weighted by Gasteiger charge is -2.04. The maximum atomic E-state index is 5.47. The number of hydrogen-bond donors (Lipinski definition) is 0. The number of hydrogen-bond acceptors (Lipinski definition) is 3. The number of nitrogens with zero attached hydrogens (tertiary/aromatic N) is 2. The summed E-state index contributed by atoms with van der Waals surface area (Å²) in [5.41, 5.74) is 0. The zero-order valence-corrected chi connectivity index (χ0v) is 6.11. The van der Waals surface area contributed by atoms with E-state index in [1.165, 1.54) is 11.0 Å². The fourth-order valence-corrected chi connectivity index (χ4v) is 1.27. The van der Waals surface area contributed by atoms with Gasteiger partial charge in [0.1, 0.15) is 0 Å². The molecule has 0 radical (unpaired) electrons. The van der Waals surface area contributed by atoms with E-state index in [0.29, 0.717) is 5.25 Å². The summed E-state index contributed by atoms with van der Waals surface area (Å²) in [5, 5.41) is 6.26. The van der Waals surface area contributed by atoms with E-state index < -0.39 is 0 Å². The third-order valence-corrected chi connectivity index (χ3v) is 2.17. The molecule has 1 aliphatic heterocycles. The van der Waals surface area contributed by atoms with Gasteiger partial charge >= 0.3 is 0 Å². The third-order valence-electron chi connectivity index (χ3n) is 0.989. The van der Waals surface area contributed by atoms with Gasteiger partial charge in [0.05, 0.1) is 11.8 Å². The summed E-state index contributed by atoms with van der Waals surface area (Å²) in [6, 6.07) is 0. The first-order valence-electron chi connectivity index (χ1n) is 2.35. The second-order valence-electron chi connectivity index (χ2n) is 1.73. The van der Waals surface area contributed by atoms with Crippen LogP contribution in [0.4, 0.5) is 0 Å². The molecule has 0 N–H and O–H groups in total. The van der Waals surface area contributed by atoms with Crippen LogP contribution in [0, 0.1) is 0 Å². The van der Waals surface area contributed by atoms with E-state index in [1.54, 1.807) is 0 Å². The van der Waals surface area contributed by atoms with E-state index in [-0.39, 0.29) is 0 Å². The van der Waals surface area contributed by atoms with Crippen molar-refractivity contribution in [3.63, 3.8) is 0 Å². The van der Waals surface area contributed by atoms with Crippen LogP contribution in [0.5, 0.6) is 0 Å². The summed E-state index contributed by atoms with van der Waals surface area (Å²) in [6.07, 6.45) is 1.86. The SMILES string of the molecule is CN1CC(SCl)C=N1. The Hall–Kier alpha value is 0.110. The molecule has 0 fully saturated rings. The summed E-state index contributed by atoms with van der Waals surface area (Å²) in [7, 11) is 8.72. The lowest BCUT2D eigenvalue weighted by atomic mass is 10.5. The predicted octanol–water partition coefficient (Wildman–Crippen LogP) is 1.17. The zero-order valence-electron chi connectivity index (χ0n) is 4.54.